The summed E-state index contributed by atoms with van der Waals surface area (Å²) in [5, 5.41) is 2.79. The highest BCUT2D eigenvalue weighted by atomic mass is 79.9. The molecule has 20 heavy (non-hydrogen) atoms. The molecule has 6 heteroatoms. The Morgan fingerprint density at radius 1 is 1.30 bits per heavy atom. The molecule has 2 rings (SSSR count). The first kappa shape index (κ1) is 14.5. The van der Waals surface area contributed by atoms with Gasteiger partial charge in [-0.05, 0) is 24.1 Å². The van der Waals surface area contributed by atoms with E-state index in [9.17, 15) is 9.59 Å². The molecule has 5 nitrogen and oxygen atoms in total. The van der Waals surface area contributed by atoms with Crippen molar-refractivity contribution in [2.45, 2.75) is 13.0 Å². The predicted molar refractivity (Wildman–Crippen MR) is 79.4 cm³/mol. The van der Waals surface area contributed by atoms with Crippen LogP contribution in [0.4, 0.5) is 0 Å². The van der Waals surface area contributed by atoms with Crippen molar-refractivity contribution in [3.63, 3.8) is 0 Å². The highest BCUT2D eigenvalue weighted by molar-refractivity contribution is 9.10. The molecular weight excluding hydrogens is 322 g/mol. The summed E-state index contributed by atoms with van der Waals surface area (Å²) in [6.45, 7) is 0.513. The number of hydrogen-bond donors (Lipinski definition) is 1. The fraction of sp³-hybridized carbons (Fsp3) is 0.214. The third kappa shape index (κ3) is 4.03. The van der Waals surface area contributed by atoms with E-state index in [1.54, 1.807) is 12.3 Å². The van der Waals surface area contributed by atoms with Crippen molar-refractivity contribution < 1.29 is 4.79 Å². The number of nitrogens with one attached hydrogen (secondary N) is 1. The Kier molecular flexibility index (Phi) is 5.06. The number of carbonyl (C=O) groups excluding carboxylic acids is 1. The average molecular weight is 336 g/mol. The number of carbonyl (C=O) groups is 1. The summed E-state index contributed by atoms with van der Waals surface area (Å²) < 4.78 is 2.30. The third-order valence-corrected chi connectivity index (χ3v) is 3.54. The Morgan fingerprint density at radius 3 is 2.85 bits per heavy atom. The molecule has 1 amide bonds. The van der Waals surface area contributed by atoms with Crippen molar-refractivity contribution in [1.82, 2.24) is 14.9 Å². The van der Waals surface area contributed by atoms with Crippen LogP contribution >= 0.6 is 15.9 Å². The van der Waals surface area contributed by atoms with Crippen LogP contribution in [0.3, 0.4) is 0 Å². The second kappa shape index (κ2) is 7.00. The summed E-state index contributed by atoms with van der Waals surface area (Å²) in [6, 6.07) is 9.49. The number of rotatable bonds is 5. The Morgan fingerprint density at radius 2 is 2.10 bits per heavy atom. The minimum absolute atomic E-state index is 0.0113. The van der Waals surface area contributed by atoms with Gasteiger partial charge >= 0.3 is 5.69 Å². The molecular formula is C14H14BrN3O2. The van der Waals surface area contributed by atoms with Gasteiger partial charge in [0.25, 0.3) is 0 Å². The van der Waals surface area contributed by atoms with Crippen LogP contribution in [0, 0.1) is 0 Å². The van der Waals surface area contributed by atoms with Crippen molar-refractivity contribution in [1.29, 1.82) is 0 Å². The van der Waals surface area contributed by atoms with Gasteiger partial charge in [0.05, 0.1) is 0 Å². The minimum Gasteiger partial charge on any atom is -0.354 e. The number of halogens is 1. The monoisotopic (exact) mass is 335 g/mol. The molecule has 1 heterocycles. The van der Waals surface area contributed by atoms with Crippen LogP contribution in [0.15, 0.2) is 52.0 Å². The van der Waals surface area contributed by atoms with Crippen LogP contribution in [-0.2, 0) is 17.8 Å². The van der Waals surface area contributed by atoms with Crippen molar-refractivity contribution in [2.75, 3.05) is 6.54 Å². The van der Waals surface area contributed by atoms with Crippen molar-refractivity contribution >= 4 is 21.8 Å². The van der Waals surface area contributed by atoms with Gasteiger partial charge < -0.3 is 5.32 Å². The number of aromatic nitrogens is 2. The van der Waals surface area contributed by atoms with Gasteiger partial charge in [-0.3, -0.25) is 9.36 Å². The summed E-state index contributed by atoms with van der Waals surface area (Å²) in [6.07, 6.45) is 3.68. The second-order valence-corrected chi connectivity index (χ2v) is 5.08. The van der Waals surface area contributed by atoms with Gasteiger partial charge in [0.2, 0.25) is 5.91 Å². The maximum absolute atomic E-state index is 11.7. The molecule has 0 saturated heterocycles. The first-order valence-electron chi connectivity index (χ1n) is 6.18. The largest absolute Gasteiger partial charge is 0.354 e. The van der Waals surface area contributed by atoms with Gasteiger partial charge in [0, 0.05) is 23.4 Å². The summed E-state index contributed by atoms with van der Waals surface area (Å²) in [7, 11) is 0. The van der Waals surface area contributed by atoms with E-state index >= 15 is 0 Å². The smallest absolute Gasteiger partial charge is 0.347 e. The van der Waals surface area contributed by atoms with E-state index in [-0.39, 0.29) is 12.5 Å². The molecule has 0 spiro atoms. The normalized spacial score (nSPS) is 10.2. The number of benzene rings is 1. The fourth-order valence-electron chi connectivity index (χ4n) is 1.76. The Labute approximate surface area is 124 Å². The number of hydrogen-bond acceptors (Lipinski definition) is 3. The van der Waals surface area contributed by atoms with Crippen molar-refractivity contribution in [2.24, 2.45) is 0 Å². The summed E-state index contributed by atoms with van der Waals surface area (Å²) in [5.41, 5.74) is 0.708. The summed E-state index contributed by atoms with van der Waals surface area (Å²) >= 11 is 3.46. The first-order chi connectivity index (χ1) is 9.66. The zero-order valence-electron chi connectivity index (χ0n) is 10.8. The van der Waals surface area contributed by atoms with Gasteiger partial charge in [-0.15, -0.1) is 0 Å². The van der Waals surface area contributed by atoms with Gasteiger partial charge in [-0.1, -0.05) is 34.1 Å². The molecule has 0 radical (unpaired) electrons. The van der Waals surface area contributed by atoms with E-state index in [0.29, 0.717) is 6.54 Å². The molecule has 1 aromatic heterocycles. The molecule has 0 aliphatic rings. The molecule has 2 aromatic rings. The SMILES string of the molecule is O=C(Cn1cccnc1=O)NCCc1ccccc1Br. The molecule has 0 bridgehead atoms. The van der Waals surface area contributed by atoms with Crippen molar-refractivity contribution in [3.05, 3.63) is 63.2 Å². The highest BCUT2D eigenvalue weighted by Crippen LogP contribution is 2.15. The quantitative estimate of drug-likeness (QED) is 0.897. The zero-order valence-corrected chi connectivity index (χ0v) is 12.3. The lowest BCUT2D eigenvalue weighted by Gasteiger charge is -2.07. The Hall–Kier alpha value is -1.95. The van der Waals surface area contributed by atoms with E-state index in [2.05, 4.69) is 26.2 Å². The summed E-state index contributed by atoms with van der Waals surface area (Å²) in [4.78, 5) is 26.7. The highest BCUT2D eigenvalue weighted by Gasteiger charge is 2.04. The molecule has 0 unspecified atom stereocenters. The van der Waals surface area contributed by atoms with Crippen LogP contribution in [-0.4, -0.2) is 22.0 Å². The third-order valence-electron chi connectivity index (χ3n) is 2.77. The fourth-order valence-corrected chi connectivity index (χ4v) is 2.24. The maximum atomic E-state index is 11.7. The molecule has 0 aliphatic carbocycles. The molecule has 0 atom stereocenters. The first-order valence-corrected chi connectivity index (χ1v) is 6.97. The lowest BCUT2D eigenvalue weighted by molar-refractivity contribution is -0.121. The van der Waals surface area contributed by atoms with Gasteiger partial charge in [0.1, 0.15) is 6.54 Å². The second-order valence-electron chi connectivity index (χ2n) is 4.22. The van der Waals surface area contributed by atoms with Gasteiger partial charge in [0.15, 0.2) is 0 Å². The van der Waals surface area contributed by atoms with E-state index in [0.717, 1.165) is 16.5 Å². The van der Waals surface area contributed by atoms with Gasteiger partial charge in [-0.25, -0.2) is 9.78 Å². The van der Waals surface area contributed by atoms with Gasteiger partial charge in [-0.2, -0.15) is 0 Å². The Balaban J connectivity index is 1.83. The summed E-state index contributed by atoms with van der Waals surface area (Å²) in [5.74, 6) is -0.202. The van der Waals surface area contributed by atoms with Crippen LogP contribution < -0.4 is 11.0 Å². The topological polar surface area (TPSA) is 64.0 Å². The van der Waals surface area contributed by atoms with Crippen LogP contribution in [0.1, 0.15) is 5.56 Å². The van der Waals surface area contributed by atoms with Crippen LogP contribution in [0.2, 0.25) is 0 Å². The van der Waals surface area contributed by atoms with E-state index in [1.807, 2.05) is 24.3 Å². The zero-order chi connectivity index (χ0) is 14.4. The van der Waals surface area contributed by atoms with Crippen LogP contribution in [0.25, 0.3) is 0 Å². The van der Waals surface area contributed by atoms with E-state index in [1.165, 1.54) is 10.8 Å². The van der Waals surface area contributed by atoms with Crippen molar-refractivity contribution in [3.8, 4) is 0 Å². The molecule has 1 N–H and O–H groups in total. The minimum atomic E-state index is -0.423. The van der Waals surface area contributed by atoms with E-state index < -0.39 is 5.69 Å². The average Bonchev–Trinajstić information content (AvgIpc) is 2.43. The molecule has 104 valence electrons. The predicted octanol–water partition coefficient (Wildman–Crippen LogP) is 1.36. The molecule has 0 aliphatic heterocycles. The lowest BCUT2D eigenvalue weighted by atomic mass is 10.1. The maximum Gasteiger partial charge on any atom is 0.347 e. The molecule has 0 saturated carbocycles. The molecule has 1 aromatic carbocycles. The Bertz CT molecular complexity index is 655. The lowest BCUT2D eigenvalue weighted by Crippen LogP contribution is -2.33. The standard InChI is InChI=1S/C14H14BrN3O2/c15-12-5-2-1-4-11(12)6-8-16-13(19)10-18-9-3-7-17-14(18)20/h1-5,7,9H,6,8,10H2,(H,16,19). The van der Waals surface area contributed by atoms with E-state index in [4.69, 9.17) is 0 Å². The van der Waals surface area contributed by atoms with Crippen LogP contribution in [0.5, 0.6) is 0 Å². The molecule has 0 fully saturated rings. The number of nitrogens with zero attached hydrogens (tertiary/aromatic N) is 2. The number of amides is 1.